The molecule has 0 saturated carbocycles. The van der Waals surface area contributed by atoms with Gasteiger partial charge in [0.25, 0.3) is 0 Å². The Balaban J connectivity index is 2.44. The van der Waals surface area contributed by atoms with Crippen molar-refractivity contribution in [2.24, 2.45) is 0 Å². The molecule has 0 heterocycles. The predicted molar refractivity (Wildman–Crippen MR) is 46.9 cm³/mol. The molecule has 0 aromatic rings. The predicted octanol–water partition coefficient (Wildman–Crippen LogP) is 2.04. The normalized spacial score (nSPS) is 23.7. The Labute approximate surface area is 72.7 Å². The van der Waals surface area contributed by atoms with Gasteiger partial charge in [-0.05, 0) is 25.3 Å². The van der Waals surface area contributed by atoms with Crippen LogP contribution in [0, 0.1) is 0 Å². The van der Waals surface area contributed by atoms with Gasteiger partial charge in [-0.2, -0.15) is 0 Å². The van der Waals surface area contributed by atoms with Crippen LogP contribution < -0.4 is 0 Å². The third kappa shape index (κ3) is 3.46. The summed E-state index contributed by atoms with van der Waals surface area (Å²) in [5.41, 5.74) is 0. The maximum atomic E-state index is 11.1. The summed E-state index contributed by atoms with van der Waals surface area (Å²) in [5, 5.41) is 0. The Bertz CT molecular complexity index is 204. The van der Waals surface area contributed by atoms with Gasteiger partial charge in [-0.3, -0.25) is 9.59 Å². The van der Waals surface area contributed by atoms with E-state index >= 15 is 0 Å². The first-order valence-electron chi connectivity index (χ1n) is 4.50. The van der Waals surface area contributed by atoms with Gasteiger partial charge < -0.3 is 0 Å². The Morgan fingerprint density at radius 3 is 2.58 bits per heavy atom. The average Bonchev–Trinajstić information content (AvgIpc) is 2.06. The lowest BCUT2D eigenvalue weighted by Crippen LogP contribution is -2.00. The standard InChI is InChI=1S/C10H14O2/c11-9-5-1-2-6-10(12)8-4-3-7-9/h1,5H,2-4,6-8H2/b5-1-. The molecule has 0 aliphatic heterocycles. The van der Waals surface area contributed by atoms with Crippen LogP contribution in [0.3, 0.4) is 0 Å². The zero-order valence-corrected chi connectivity index (χ0v) is 7.21. The second kappa shape index (κ2) is 4.86. The summed E-state index contributed by atoms with van der Waals surface area (Å²) < 4.78 is 0. The van der Waals surface area contributed by atoms with Crippen molar-refractivity contribution in [2.75, 3.05) is 0 Å². The molecule has 66 valence electrons. The maximum absolute atomic E-state index is 11.1. The highest BCUT2D eigenvalue weighted by Gasteiger charge is 2.04. The van der Waals surface area contributed by atoms with Gasteiger partial charge in [-0.1, -0.05) is 6.08 Å². The molecule has 0 N–H and O–H groups in total. The van der Waals surface area contributed by atoms with E-state index in [2.05, 4.69) is 0 Å². The van der Waals surface area contributed by atoms with E-state index in [1.807, 2.05) is 6.08 Å². The molecular weight excluding hydrogens is 152 g/mol. The van der Waals surface area contributed by atoms with Crippen LogP contribution in [-0.2, 0) is 9.59 Å². The van der Waals surface area contributed by atoms with Crippen molar-refractivity contribution < 1.29 is 9.59 Å². The van der Waals surface area contributed by atoms with Gasteiger partial charge in [-0.25, -0.2) is 0 Å². The van der Waals surface area contributed by atoms with Crippen LogP contribution in [0.2, 0.25) is 0 Å². The van der Waals surface area contributed by atoms with Crippen LogP contribution in [0.15, 0.2) is 12.2 Å². The Morgan fingerprint density at radius 1 is 1.00 bits per heavy atom. The Kier molecular flexibility index (Phi) is 3.71. The number of hydrogen-bond donors (Lipinski definition) is 0. The molecule has 12 heavy (non-hydrogen) atoms. The molecule has 1 aliphatic rings. The third-order valence-electron chi connectivity index (χ3n) is 2.02. The van der Waals surface area contributed by atoms with Gasteiger partial charge in [-0.15, -0.1) is 0 Å². The van der Waals surface area contributed by atoms with Crippen LogP contribution in [0.1, 0.15) is 38.5 Å². The van der Waals surface area contributed by atoms with Crippen molar-refractivity contribution >= 4 is 11.6 Å². The zero-order chi connectivity index (χ0) is 8.81. The summed E-state index contributed by atoms with van der Waals surface area (Å²) in [4.78, 5) is 22.1. The summed E-state index contributed by atoms with van der Waals surface area (Å²) in [6, 6.07) is 0. The van der Waals surface area contributed by atoms with Gasteiger partial charge >= 0.3 is 0 Å². The minimum absolute atomic E-state index is 0.198. The van der Waals surface area contributed by atoms with Crippen LogP contribution in [0.25, 0.3) is 0 Å². The molecule has 0 fully saturated rings. The summed E-state index contributed by atoms with van der Waals surface area (Å²) >= 11 is 0. The third-order valence-corrected chi connectivity index (χ3v) is 2.02. The summed E-state index contributed by atoms with van der Waals surface area (Å²) in [6.45, 7) is 0. The lowest BCUT2D eigenvalue weighted by atomic mass is 10.0. The zero-order valence-electron chi connectivity index (χ0n) is 7.21. The highest BCUT2D eigenvalue weighted by molar-refractivity contribution is 5.89. The first-order chi connectivity index (χ1) is 5.79. The van der Waals surface area contributed by atoms with Crippen molar-refractivity contribution in [3.8, 4) is 0 Å². The highest BCUT2D eigenvalue weighted by Crippen LogP contribution is 2.07. The number of carbonyl (C=O) groups is 2. The van der Waals surface area contributed by atoms with E-state index in [-0.39, 0.29) is 5.78 Å². The molecule has 1 rings (SSSR count). The van der Waals surface area contributed by atoms with Gasteiger partial charge in [0.15, 0.2) is 5.78 Å². The van der Waals surface area contributed by atoms with Gasteiger partial charge in [0.1, 0.15) is 5.78 Å². The lowest BCUT2D eigenvalue weighted by molar-refractivity contribution is -0.119. The molecule has 1 aliphatic carbocycles. The molecular formula is C10H14O2. The fraction of sp³-hybridized carbons (Fsp3) is 0.600. The molecule has 0 radical (unpaired) electrons. The smallest absolute Gasteiger partial charge is 0.155 e. The molecule has 0 aromatic carbocycles. The minimum Gasteiger partial charge on any atom is -0.300 e. The van der Waals surface area contributed by atoms with Crippen molar-refractivity contribution in [1.82, 2.24) is 0 Å². The summed E-state index contributed by atoms with van der Waals surface area (Å²) in [7, 11) is 0. The number of carbonyl (C=O) groups excluding carboxylic acids is 2. The molecule has 0 atom stereocenters. The quantitative estimate of drug-likeness (QED) is 0.551. The topological polar surface area (TPSA) is 34.1 Å². The van der Waals surface area contributed by atoms with E-state index in [4.69, 9.17) is 0 Å². The first-order valence-corrected chi connectivity index (χ1v) is 4.50. The number of allylic oxidation sites excluding steroid dienone is 2. The fourth-order valence-electron chi connectivity index (χ4n) is 1.29. The summed E-state index contributed by atoms with van der Waals surface area (Å²) in [6.07, 6.45) is 7.73. The monoisotopic (exact) mass is 166 g/mol. The molecule has 0 spiro atoms. The SMILES string of the molecule is O=C1/C=C\CCC(=O)CCCC1. The van der Waals surface area contributed by atoms with Crippen LogP contribution in [0.5, 0.6) is 0 Å². The Morgan fingerprint density at radius 2 is 1.75 bits per heavy atom. The average molecular weight is 166 g/mol. The largest absolute Gasteiger partial charge is 0.300 e. The van der Waals surface area contributed by atoms with E-state index < -0.39 is 0 Å². The van der Waals surface area contributed by atoms with Gasteiger partial charge in [0, 0.05) is 19.3 Å². The Hall–Kier alpha value is -0.920. The van der Waals surface area contributed by atoms with Crippen LogP contribution >= 0.6 is 0 Å². The first kappa shape index (κ1) is 9.17. The maximum Gasteiger partial charge on any atom is 0.155 e. The molecule has 0 bridgehead atoms. The molecule has 0 saturated heterocycles. The van der Waals surface area contributed by atoms with Crippen molar-refractivity contribution in [3.05, 3.63) is 12.2 Å². The number of Topliss-reactive ketones (excluding diaryl/α,β-unsaturated/α-hetero) is 1. The molecule has 2 heteroatoms. The second-order valence-electron chi connectivity index (χ2n) is 3.15. The van der Waals surface area contributed by atoms with Gasteiger partial charge in [0.2, 0.25) is 0 Å². The van der Waals surface area contributed by atoms with Gasteiger partial charge in [0.05, 0.1) is 0 Å². The van der Waals surface area contributed by atoms with E-state index in [0.29, 0.717) is 25.0 Å². The second-order valence-corrected chi connectivity index (χ2v) is 3.15. The van der Waals surface area contributed by atoms with E-state index in [1.54, 1.807) is 6.08 Å². The lowest BCUT2D eigenvalue weighted by Gasteiger charge is -2.01. The van der Waals surface area contributed by atoms with E-state index in [0.717, 1.165) is 19.3 Å². The van der Waals surface area contributed by atoms with E-state index in [9.17, 15) is 9.59 Å². The number of rotatable bonds is 0. The van der Waals surface area contributed by atoms with Crippen molar-refractivity contribution in [1.29, 1.82) is 0 Å². The fourth-order valence-corrected chi connectivity index (χ4v) is 1.29. The molecule has 0 amide bonds. The van der Waals surface area contributed by atoms with Crippen molar-refractivity contribution in [2.45, 2.75) is 38.5 Å². The van der Waals surface area contributed by atoms with Crippen LogP contribution in [0.4, 0.5) is 0 Å². The van der Waals surface area contributed by atoms with Crippen LogP contribution in [-0.4, -0.2) is 11.6 Å². The minimum atomic E-state index is 0.198. The van der Waals surface area contributed by atoms with Crippen molar-refractivity contribution in [3.63, 3.8) is 0 Å². The number of hydrogen-bond acceptors (Lipinski definition) is 2. The van der Waals surface area contributed by atoms with E-state index in [1.165, 1.54) is 0 Å². The molecule has 2 nitrogen and oxygen atoms in total. The molecule has 0 unspecified atom stereocenters. The number of ketones is 2. The molecule has 0 aromatic heterocycles. The highest BCUT2D eigenvalue weighted by atomic mass is 16.1. The summed E-state index contributed by atoms with van der Waals surface area (Å²) in [5.74, 6) is 0.526.